The Morgan fingerprint density at radius 1 is 0.857 bits per heavy atom. The SMILES string of the molecule is NC(c1ccc2ccccc2c1)C1CCc2ccccc21. The molecule has 104 valence electrons. The Labute approximate surface area is 125 Å². The van der Waals surface area contributed by atoms with Gasteiger partial charge in [0.15, 0.2) is 0 Å². The zero-order valence-electron chi connectivity index (χ0n) is 12.0. The smallest absolute Gasteiger partial charge is 0.0364 e. The van der Waals surface area contributed by atoms with Crippen molar-refractivity contribution in [3.05, 3.63) is 83.4 Å². The lowest BCUT2D eigenvalue weighted by Gasteiger charge is -2.21. The van der Waals surface area contributed by atoms with Gasteiger partial charge in [0.05, 0.1) is 0 Å². The van der Waals surface area contributed by atoms with Crippen LogP contribution in [0.1, 0.15) is 35.1 Å². The van der Waals surface area contributed by atoms with Crippen molar-refractivity contribution >= 4 is 10.8 Å². The second-order valence-corrected chi connectivity index (χ2v) is 5.98. The third-order valence-corrected chi connectivity index (χ3v) is 4.77. The molecule has 1 heteroatoms. The van der Waals surface area contributed by atoms with Gasteiger partial charge in [-0.2, -0.15) is 0 Å². The fourth-order valence-electron chi connectivity index (χ4n) is 3.61. The van der Waals surface area contributed by atoms with Crippen LogP contribution in [0.2, 0.25) is 0 Å². The maximum atomic E-state index is 6.61. The van der Waals surface area contributed by atoms with Gasteiger partial charge in [-0.15, -0.1) is 0 Å². The number of hydrogen-bond acceptors (Lipinski definition) is 1. The van der Waals surface area contributed by atoms with Crippen LogP contribution in [0.25, 0.3) is 10.8 Å². The first-order valence-electron chi connectivity index (χ1n) is 7.65. The summed E-state index contributed by atoms with van der Waals surface area (Å²) in [4.78, 5) is 0. The van der Waals surface area contributed by atoms with E-state index in [9.17, 15) is 0 Å². The van der Waals surface area contributed by atoms with Crippen LogP contribution in [0.5, 0.6) is 0 Å². The lowest BCUT2D eigenvalue weighted by atomic mass is 9.88. The largest absolute Gasteiger partial charge is 0.323 e. The van der Waals surface area contributed by atoms with E-state index in [-0.39, 0.29) is 6.04 Å². The Hall–Kier alpha value is -2.12. The Bertz CT molecular complexity index is 790. The fourth-order valence-corrected chi connectivity index (χ4v) is 3.61. The van der Waals surface area contributed by atoms with Crippen LogP contribution in [0.3, 0.4) is 0 Å². The van der Waals surface area contributed by atoms with Crippen LogP contribution < -0.4 is 5.73 Å². The number of fused-ring (bicyclic) bond motifs is 2. The molecule has 0 fully saturated rings. The van der Waals surface area contributed by atoms with Crippen LogP contribution >= 0.6 is 0 Å². The van der Waals surface area contributed by atoms with Crippen molar-refractivity contribution in [2.24, 2.45) is 5.73 Å². The predicted octanol–water partition coefficient (Wildman–Crippen LogP) is 4.57. The maximum absolute atomic E-state index is 6.61. The molecule has 1 aliphatic carbocycles. The van der Waals surface area contributed by atoms with Crippen molar-refractivity contribution in [2.75, 3.05) is 0 Å². The molecule has 2 unspecified atom stereocenters. The molecule has 0 saturated carbocycles. The van der Waals surface area contributed by atoms with E-state index < -0.39 is 0 Å². The van der Waals surface area contributed by atoms with Gasteiger partial charge in [-0.25, -0.2) is 0 Å². The van der Waals surface area contributed by atoms with Crippen LogP contribution in [0.4, 0.5) is 0 Å². The summed E-state index contributed by atoms with van der Waals surface area (Å²) in [6.45, 7) is 0. The topological polar surface area (TPSA) is 26.0 Å². The second kappa shape index (κ2) is 5.01. The number of hydrogen-bond donors (Lipinski definition) is 1. The van der Waals surface area contributed by atoms with E-state index in [0.717, 1.165) is 12.8 Å². The molecular weight excluding hydrogens is 254 g/mol. The molecule has 3 aromatic rings. The van der Waals surface area contributed by atoms with E-state index >= 15 is 0 Å². The summed E-state index contributed by atoms with van der Waals surface area (Å²) in [7, 11) is 0. The zero-order chi connectivity index (χ0) is 14.2. The summed E-state index contributed by atoms with van der Waals surface area (Å²) in [5.74, 6) is 0.447. The first kappa shape index (κ1) is 12.6. The predicted molar refractivity (Wildman–Crippen MR) is 88.4 cm³/mol. The molecule has 0 amide bonds. The maximum Gasteiger partial charge on any atom is 0.0364 e. The minimum Gasteiger partial charge on any atom is -0.323 e. The van der Waals surface area contributed by atoms with Gasteiger partial charge in [0, 0.05) is 12.0 Å². The van der Waals surface area contributed by atoms with Crippen LogP contribution in [-0.2, 0) is 6.42 Å². The average Bonchev–Trinajstić information content (AvgIpc) is 2.98. The van der Waals surface area contributed by atoms with Gasteiger partial charge < -0.3 is 5.73 Å². The van der Waals surface area contributed by atoms with Crippen LogP contribution in [0.15, 0.2) is 66.7 Å². The number of benzene rings is 3. The fraction of sp³-hybridized carbons (Fsp3) is 0.200. The van der Waals surface area contributed by atoms with Crippen molar-refractivity contribution in [2.45, 2.75) is 24.8 Å². The molecule has 21 heavy (non-hydrogen) atoms. The van der Waals surface area contributed by atoms with Crippen molar-refractivity contribution in [3.8, 4) is 0 Å². The molecule has 0 aromatic heterocycles. The molecule has 4 rings (SSSR count). The second-order valence-electron chi connectivity index (χ2n) is 5.98. The average molecular weight is 273 g/mol. The molecule has 0 bridgehead atoms. The lowest BCUT2D eigenvalue weighted by Crippen LogP contribution is -2.18. The van der Waals surface area contributed by atoms with Gasteiger partial charge in [-0.1, -0.05) is 60.7 Å². The highest BCUT2D eigenvalue weighted by molar-refractivity contribution is 5.83. The van der Waals surface area contributed by atoms with Gasteiger partial charge in [-0.05, 0) is 46.4 Å². The monoisotopic (exact) mass is 273 g/mol. The minimum atomic E-state index is 0.0817. The first-order valence-corrected chi connectivity index (χ1v) is 7.65. The molecule has 0 radical (unpaired) electrons. The molecule has 0 heterocycles. The van der Waals surface area contributed by atoms with Crippen molar-refractivity contribution in [1.82, 2.24) is 0 Å². The van der Waals surface area contributed by atoms with Gasteiger partial charge in [0.1, 0.15) is 0 Å². The summed E-state index contributed by atoms with van der Waals surface area (Å²) in [5, 5.41) is 2.55. The van der Waals surface area contributed by atoms with Gasteiger partial charge in [0.25, 0.3) is 0 Å². The molecule has 0 saturated heterocycles. The van der Waals surface area contributed by atoms with Gasteiger partial charge in [-0.3, -0.25) is 0 Å². The lowest BCUT2D eigenvalue weighted by molar-refractivity contribution is 0.551. The zero-order valence-corrected chi connectivity index (χ0v) is 12.0. The third-order valence-electron chi connectivity index (χ3n) is 4.77. The number of rotatable bonds is 2. The van der Waals surface area contributed by atoms with E-state index in [0.29, 0.717) is 5.92 Å². The molecule has 2 atom stereocenters. The molecule has 2 N–H and O–H groups in total. The van der Waals surface area contributed by atoms with Crippen LogP contribution in [-0.4, -0.2) is 0 Å². The molecule has 0 spiro atoms. The van der Waals surface area contributed by atoms with E-state index in [1.54, 1.807) is 0 Å². The molecule has 3 aromatic carbocycles. The Kier molecular flexibility index (Phi) is 3.01. The summed E-state index contributed by atoms with van der Waals surface area (Å²) in [6.07, 6.45) is 2.31. The number of aryl methyl sites for hydroxylation is 1. The molecular formula is C20H19N. The molecule has 0 aliphatic heterocycles. The molecule has 1 nitrogen and oxygen atoms in total. The highest BCUT2D eigenvalue weighted by Gasteiger charge is 2.28. The van der Waals surface area contributed by atoms with E-state index in [2.05, 4.69) is 66.7 Å². The Morgan fingerprint density at radius 2 is 1.62 bits per heavy atom. The van der Waals surface area contributed by atoms with Crippen LogP contribution in [0, 0.1) is 0 Å². The van der Waals surface area contributed by atoms with E-state index in [1.807, 2.05) is 0 Å². The highest BCUT2D eigenvalue weighted by atomic mass is 14.7. The van der Waals surface area contributed by atoms with Crippen molar-refractivity contribution in [1.29, 1.82) is 0 Å². The summed E-state index contributed by atoms with van der Waals surface area (Å²) in [6, 6.07) is 23.9. The van der Waals surface area contributed by atoms with Crippen molar-refractivity contribution < 1.29 is 0 Å². The minimum absolute atomic E-state index is 0.0817. The van der Waals surface area contributed by atoms with Crippen molar-refractivity contribution in [3.63, 3.8) is 0 Å². The standard InChI is InChI=1S/C20H19N/c21-20(19-12-11-15-6-3-4-8-18(15)19)17-10-9-14-5-1-2-7-16(14)13-17/h1-10,13,19-20H,11-12,21H2. The first-order chi connectivity index (χ1) is 10.3. The third kappa shape index (κ3) is 2.14. The molecule has 1 aliphatic rings. The summed E-state index contributed by atoms with van der Waals surface area (Å²) >= 11 is 0. The number of nitrogens with two attached hydrogens (primary N) is 1. The highest BCUT2D eigenvalue weighted by Crippen LogP contribution is 2.40. The van der Waals surface area contributed by atoms with E-state index in [4.69, 9.17) is 5.73 Å². The van der Waals surface area contributed by atoms with E-state index in [1.165, 1.54) is 27.5 Å². The Balaban J connectivity index is 1.72. The van der Waals surface area contributed by atoms with Gasteiger partial charge >= 0.3 is 0 Å². The quantitative estimate of drug-likeness (QED) is 0.727. The van der Waals surface area contributed by atoms with Gasteiger partial charge in [0.2, 0.25) is 0 Å². The Morgan fingerprint density at radius 3 is 2.52 bits per heavy atom. The summed E-state index contributed by atoms with van der Waals surface area (Å²) < 4.78 is 0. The normalized spacial score (nSPS) is 18.6. The summed E-state index contributed by atoms with van der Waals surface area (Å²) in [5.41, 5.74) is 10.8.